The molecule has 0 unspecified atom stereocenters. The molecule has 11 heteroatoms. The highest BCUT2D eigenvalue weighted by Gasteiger charge is 2.38. The summed E-state index contributed by atoms with van der Waals surface area (Å²) in [6, 6.07) is 8.73. The maximum atomic E-state index is 12.9. The van der Waals surface area contributed by atoms with Crippen molar-refractivity contribution in [3.8, 4) is 22.9 Å². The van der Waals surface area contributed by atoms with Crippen molar-refractivity contribution in [2.45, 2.75) is 25.5 Å². The second-order valence-electron chi connectivity index (χ2n) is 8.37. The molecule has 11 nitrogen and oxygen atoms in total. The standard InChI is InChI=1S/C23H26N6O5/c1-13(30)11-24-23(31)15-6-4-5-7-16(15)29-22(25-26-27-29)19-18-14(8-9-28(19)2)10-17-20(21(18)32-3)34-12-33-17/h4-7,10,13,19,30H,8-9,11-12H2,1-3H3,(H,24,31)/t13-,19-/m1/s1. The predicted octanol–water partition coefficient (Wildman–Crippen LogP) is 1.09. The van der Waals surface area contributed by atoms with Crippen molar-refractivity contribution in [2.24, 2.45) is 0 Å². The molecule has 1 amide bonds. The number of nitrogens with one attached hydrogen (secondary N) is 1. The van der Waals surface area contributed by atoms with Crippen LogP contribution in [0.1, 0.15) is 40.3 Å². The Balaban J connectivity index is 1.62. The molecule has 3 aromatic rings. The van der Waals surface area contributed by atoms with Crippen LogP contribution >= 0.6 is 0 Å². The number of amides is 1. The summed E-state index contributed by atoms with van der Waals surface area (Å²) in [7, 11) is 3.60. The number of aliphatic hydroxyl groups is 1. The van der Waals surface area contributed by atoms with Gasteiger partial charge >= 0.3 is 0 Å². The van der Waals surface area contributed by atoms with Crippen LogP contribution in [0.5, 0.6) is 17.2 Å². The van der Waals surface area contributed by atoms with Crippen LogP contribution < -0.4 is 19.5 Å². The Morgan fingerprint density at radius 2 is 2.18 bits per heavy atom. The number of fused-ring (bicyclic) bond motifs is 2. The smallest absolute Gasteiger partial charge is 0.253 e. The number of para-hydroxylation sites is 1. The van der Waals surface area contributed by atoms with Crippen molar-refractivity contribution < 1.29 is 24.1 Å². The highest BCUT2D eigenvalue weighted by Crippen LogP contribution is 2.50. The molecule has 0 radical (unpaired) electrons. The number of carbonyl (C=O) groups is 1. The zero-order valence-electron chi connectivity index (χ0n) is 19.2. The Kier molecular flexibility index (Phi) is 5.80. The Hall–Kier alpha value is -3.70. The minimum absolute atomic E-state index is 0.138. The zero-order valence-corrected chi connectivity index (χ0v) is 19.2. The van der Waals surface area contributed by atoms with Gasteiger partial charge in [0, 0.05) is 18.7 Å². The van der Waals surface area contributed by atoms with Gasteiger partial charge in [-0.1, -0.05) is 12.1 Å². The number of hydrogen-bond donors (Lipinski definition) is 2. The van der Waals surface area contributed by atoms with Crippen molar-refractivity contribution in [3.63, 3.8) is 0 Å². The van der Waals surface area contributed by atoms with Crippen LogP contribution in [0.3, 0.4) is 0 Å². The normalized spacial score (nSPS) is 17.8. The number of rotatable bonds is 6. The van der Waals surface area contributed by atoms with Crippen molar-refractivity contribution in [1.29, 1.82) is 0 Å². The molecule has 2 aliphatic heterocycles. The average molecular weight is 466 g/mol. The summed E-state index contributed by atoms with van der Waals surface area (Å²) in [6.07, 6.45) is 0.141. The van der Waals surface area contributed by atoms with Crippen molar-refractivity contribution >= 4 is 5.91 Å². The summed E-state index contributed by atoms with van der Waals surface area (Å²) in [6.45, 7) is 2.66. The van der Waals surface area contributed by atoms with Gasteiger partial charge in [0.2, 0.25) is 12.5 Å². The SMILES string of the molecule is COc1c2c(cc3c1[C@H](c1nnnn1-c1ccccc1C(=O)NC[C@@H](C)O)N(C)CC3)OCO2. The Morgan fingerprint density at radius 3 is 2.97 bits per heavy atom. The summed E-state index contributed by atoms with van der Waals surface area (Å²) < 4.78 is 18.7. The first-order chi connectivity index (χ1) is 16.5. The first kappa shape index (κ1) is 22.1. The number of carbonyl (C=O) groups excluding carboxylic acids is 1. The third kappa shape index (κ3) is 3.72. The van der Waals surface area contributed by atoms with Gasteiger partial charge in [-0.15, -0.1) is 5.10 Å². The minimum atomic E-state index is -0.660. The number of aliphatic hydroxyl groups excluding tert-OH is 1. The van der Waals surface area contributed by atoms with E-state index < -0.39 is 6.10 Å². The van der Waals surface area contributed by atoms with E-state index in [0.29, 0.717) is 34.3 Å². The summed E-state index contributed by atoms with van der Waals surface area (Å²) in [5.41, 5.74) is 2.91. The van der Waals surface area contributed by atoms with E-state index in [1.807, 2.05) is 19.2 Å². The molecule has 0 spiro atoms. The van der Waals surface area contributed by atoms with Crippen molar-refractivity contribution in [2.75, 3.05) is 34.0 Å². The largest absolute Gasteiger partial charge is 0.492 e. The van der Waals surface area contributed by atoms with Gasteiger partial charge in [0.25, 0.3) is 5.91 Å². The number of benzene rings is 2. The fourth-order valence-corrected chi connectivity index (χ4v) is 4.48. The number of hydrogen-bond acceptors (Lipinski definition) is 9. The maximum Gasteiger partial charge on any atom is 0.253 e. The molecule has 0 aliphatic carbocycles. The highest BCUT2D eigenvalue weighted by atomic mass is 16.7. The second-order valence-corrected chi connectivity index (χ2v) is 8.37. The summed E-state index contributed by atoms with van der Waals surface area (Å²) in [5, 5.41) is 24.9. The van der Waals surface area contributed by atoms with Crippen LogP contribution in [0.25, 0.3) is 5.69 Å². The van der Waals surface area contributed by atoms with E-state index >= 15 is 0 Å². The van der Waals surface area contributed by atoms with Gasteiger partial charge in [-0.25, -0.2) is 0 Å². The van der Waals surface area contributed by atoms with Crippen LogP contribution in [0, 0.1) is 0 Å². The quantitative estimate of drug-likeness (QED) is 0.549. The van der Waals surface area contributed by atoms with Gasteiger partial charge in [0.15, 0.2) is 17.3 Å². The molecule has 2 aliphatic rings. The van der Waals surface area contributed by atoms with E-state index in [1.54, 1.807) is 36.9 Å². The molecular formula is C23H26N6O5. The first-order valence-corrected chi connectivity index (χ1v) is 11.0. The van der Waals surface area contributed by atoms with Gasteiger partial charge < -0.3 is 24.6 Å². The van der Waals surface area contributed by atoms with Crippen molar-refractivity contribution in [1.82, 2.24) is 30.4 Å². The number of likely N-dealkylation sites (N-methyl/N-ethyl adjacent to an activating group) is 1. The molecule has 178 valence electrons. The summed E-state index contributed by atoms with van der Waals surface area (Å²) >= 11 is 0. The molecule has 1 aromatic heterocycles. The van der Waals surface area contributed by atoms with Gasteiger partial charge in [-0.3, -0.25) is 9.69 Å². The van der Waals surface area contributed by atoms with Gasteiger partial charge in [0.1, 0.15) is 6.04 Å². The topological polar surface area (TPSA) is 124 Å². The van der Waals surface area contributed by atoms with Gasteiger partial charge in [-0.05, 0) is 54.6 Å². The summed E-state index contributed by atoms with van der Waals surface area (Å²) in [4.78, 5) is 15.0. The Labute approximate surface area is 196 Å². The number of aromatic nitrogens is 4. The molecule has 34 heavy (non-hydrogen) atoms. The van der Waals surface area contributed by atoms with Gasteiger partial charge in [-0.2, -0.15) is 4.68 Å². The molecule has 2 N–H and O–H groups in total. The van der Waals surface area contributed by atoms with E-state index in [-0.39, 0.29) is 25.3 Å². The number of nitrogens with zero attached hydrogens (tertiary/aromatic N) is 5. The van der Waals surface area contributed by atoms with E-state index in [0.717, 1.165) is 24.1 Å². The van der Waals surface area contributed by atoms with Crippen LogP contribution in [0.4, 0.5) is 0 Å². The Bertz CT molecular complexity index is 1230. The van der Waals surface area contributed by atoms with Crippen LogP contribution in [-0.4, -0.2) is 76.3 Å². The monoisotopic (exact) mass is 466 g/mol. The molecular weight excluding hydrogens is 440 g/mol. The molecule has 2 atom stereocenters. The van der Waals surface area contributed by atoms with Crippen LogP contribution in [-0.2, 0) is 6.42 Å². The molecule has 5 rings (SSSR count). The second kappa shape index (κ2) is 8.92. The molecule has 0 bridgehead atoms. The lowest BCUT2D eigenvalue weighted by atomic mass is 9.90. The fourth-order valence-electron chi connectivity index (χ4n) is 4.48. The number of tetrazole rings is 1. The number of ether oxygens (including phenoxy) is 3. The van der Waals surface area contributed by atoms with E-state index in [4.69, 9.17) is 14.2 Å². The third-order valence-corrected chi connectivity index (χ3v) is 6.07. The Morgan fingerprint density at radius 1 is 1.35 bits per heavy atom. The lowest BCUT2D eigenvalue weighted by molar-refractivity contribution is 0.0923. The predicted molar refractivity (Wildman–Crippen MR) is 120 cm³/mol. The zero-order chi connectivity index (χ0) is 23.8. The highest BCUT2D eigenvalue weighted by molar-refractivity contribution is 5.97. The molecule has 0 fully saturated rings. The third-order valence-electron chi connectivity index (χ3n) is 6.07. The maximum absolute atomic E-state index is 12.9. The van der Waals surface area contributed by atoms with Gasteiger partial charge in [0.05, 0.1) is 24.5 Å². The summed E-state index contributed by atoms with van der Waals surface area (Å²) in [5.74, 6) is 2.05. The van der Waals surface area contributed by atoms with E-state index in [1.165, 1.54) is 0 Å². The molecule has 3 heterocycles. The average Bonchev–Trinajstić information content (AvgIpc) is 3.50. The fraction of sp³-hybridized carbons (Fsp3) is 0.391. The lowest BCUT2D eigenvalue weighted by Gasteiger charge is -2.34. The van der Waals surface area contributed by atoms with Crippen LogP contribution in [0.15, 0.2) is 30.3 Å². The lowest BCUT2D eigenvalue weighted by Crippen LogP contribution is -2.35. The van der Waals surface area contributed by atoms with E-state index in [9.17, 15) is 9.90 Å². The van der Waals surface area contributed by atoms with Crippen LogP contribution in [0.2, 0.25) is 0 Å². The molecule has 0 saturated carbocycles. The first-order valence-electron chi connectivity index (χ1n) is 11.0. The molecule has 2 aromatic carbocycles. The molecule has 0 saturated heterocycles. The minimum Gasteiger partial charge on any atom is -0.492 e. The number of methoxy groups -OCH3 is 1. The van der Waals surface area contributed by atoms with E-state index in [2.05, 4.69) is 25.7 Å². The van der Waals surface area contributed by atoms with Crippen molar-refractivity contribution in [3.05, 3.63) is 52.8 Å².